The van der Waals surface area contributed by atoms with E-state index in [1.807, 2.05) is 0 Å². The molecule has 3 aromatic rings. The highest BCUT2D eigenvalue weighted by Gasteiger charge is 2.25. The summed E-state index contributed by atoms with van der Waals surface area (Å²) in [4.78, 5) is 10.9. The van der Waals surface area contributed by atoms with E-state index in [0.717, 1.165) is 28.6 Å². The molecule has 8 nitrogen and oxygen atoms in total. The van der Waals surface area contributed by atoms with E-state index in [1.165, 1.54) is 0 Å². The van der Waals surface area contributed by atoms with Crippen LogP contribution in [0.2, 0.25) is 0 Å². The molecule has 0 heterocycles. The number of carbonyl (C=O) groups is 1. The number of carboxylic acids is 1. The van der Waals surface area contributed by atoms with E-state index in [2.05, 4.69) is 0 Å². The van der Waals surface area contributed by atoms with Gasteiger partial charge >= 0.3 is 5.97 Å². The summed E-state index contributed by atoms with van der Waals surface area (Å²) in [5, 5.41) is 18.4. The Kier molecular flexibility index (Phi) is 7.64. The molecule has 33 heavy (non-hydrogen) atoms. The van der Waals surface area contributed by atoms with E-state index in [0.29, 0.717) is 28.1 Å². The van der Waals surface area contributed by atoms with Crippen molar-refractivity contribution in [3.63, 3.8) is 0 Å². The number of hydrogen-bond acceptors (Lipinski definition) is 6. The van der Waals surface area contributed by atoms with E-state index >= 15 is 0 Å². The quantitative estimate of drug-likeness (QED) is 0.385. The van der Waals surface area contributed by atoms with E-state index < -0.39 is 35.0 Å². The Morgan fingerprint density at radius 2 is 1.79 bits per heavy atom. The van der Waals surface area contributed by atoms with E-state index in [4.69, 9.17) is 15.6 Å². The van der Waals surface area contributed by atoms with Gasteiger partial charge in [-0.1, -0.05) is 18.2 Å². The van der Waals surface area contributed by atoms with Crippen molar-refractivity contribution in [1.29, 1.82) is 0 Å². The average Bonchev–Trinajstić information content (AvgIpc) is 2.78. The number of hydrogen-bond donors (Lipinski definition) is 3. The van der Waals surface area contributed by atoms with Gasteiger partial charge in [0.15, 0.2) is 6.61 Å². The molecule has 0 saturated heterocycles. The highest BCUT2D eigenvalue weighted by atomic mass is 32.2. The summed E-state index contributed by atoms with van der Waals surface area (Å²) >= 11 is 0. The normalized spacial score (nSPS) is 11.5. The molecule has 3 aromatic carbocycles. The largest absolute Gasteiger partial charge is 0.481 e. The Bertz CT molecular complexity index is 1230. The number of halogens is 1. The van der Waals surface area contributed by atoms with Gasteiger partial charge in [0.2, 0.25) is 10.0 Å². The molecule has 10 heteroatoms. The lowest BCUT2D eigenvalue weighted by atomic mass is 10.0. The second-order valence-electron chi connectivity index (χ2n) is 7.15. The Labute approximate surface area is 190 Å². The number of ether oxygens (including phenoxy) is 1. The fraction of sp³-hybridized carbons (Fsp3) is 0.174. The monoisotopic (exact) mass is 474 g/mol. The summed E-state index contributed by atoms with van der Waals surface area (Å²) in [5.41, 5.74) is 8.13. The number of anilines is 1. The zero-order valence-corrected chi connectivity index (χ0v) is 18.3. The Morgan fingerprint density at radius 1 is 1.06 bits per heavy atom. The molecule has 0 spiro atoms. The average molecular weight is 475 g/mol. The minimum absolute atomic E-state index is 0.0885. The van der Waals surface area contributed by atoms with Crippen LogP contribution in [0.25, 0.3) is 11.1 Å². The molecule has 3 rings (SSSR count). The van der Waals surface area contributed by atoms with Crippen LogP contribution in [0, 0.1) is 5.82 Å². The van der Waals surface area contributed by atoms with Crippen LogP contribution in [-0.2, 0) is 21.4 Å². The minimum atomic E-state index is -4.02. The molecular formula is C23H23FN2O6S. The van der Waals surface area contributed by atoms with Crippen molar-refractivity contribution < 1.29 is 32.6 Å². The number of nitrogen functional groups attached to an aromatic ring is 1. The topological polar surface area (TPSA) is 130 Å². The summed E-state index contributed by atoms with van der Waals surface area (Å²) in [6, 6.07) is 16.2. The van der Waals surface area contributed by atoms with E-state index in [-0.39, 0.29) is 18.0 Å². The number of aliphatic hydroxyl groups is 1. The molecule has 0 atom stereocenters. The maximum absolute atomic E-state index is 13.2. The molecule has 0 amide bonds. The van der Waals surface area contributed by atoms with Gasteiger partial charge < -0.3 is 20.7 Å². The van der Waals surface area contributed by atoms with Gasteiger partial charge in [0.1, 0.15) is 11.6 Å². The number of aliphatic carboxylic acids is 1. The van der Waals surface area contributed by atoms with Crippen molar-refractivity contribution in [1.82, 2.24) is 4.31 Å². The molecule has 0 saturated carbocycles. The molecule has 0 aromatic heterocycles. The highest BCUT2D eigenvalue weighted by molar-refractivity contribution is 7.89. The SMILES string of the molecule is Nc1cccc(-c2cc(CN(CCO)S(=O)(=O)c3ccc(F)cc3)ccc2OCC(=O)O)c1. The first-order valence-corrected chi connectivity index (χ1v) is 11.3. The van der Waals surface area contributed by atoms with Crippen molar-refractivity contribution >= 4 is 21.7 Å². The second kappa shape index (κ2) is 10.4. The van der Waals surface area contributed by atoms with E-state index in [9.17, 15) is 22.7 Å². The van der Waals surface area contributed by atoms with Crippen LogP contribution < -0.4 is 10.5 Å². The van der Waals surface area contributed by atoms with Crippen LogP contribution >= 0.6 is 0 Å². The van der Waals surface area contributed by atoms with Gasteiger partial charge in [0.25, 0.3) is 0 Å². The standard InChI is InChI=1S/C23H23FN2O6S/c24-18-5-7-20(8-6-18)33(30,31)26(10-11-27)14-16-4-9-22(32-15-23(28)29)21(12-16)17-2-1-3-19(25)13-17/h1-9,12-13,27H,10-11,14-15,25H2,(H,28,29). The molecule has 0 radical (unpaired) electrons. The number of benzene rings is 3. The third-order valence-electron chi connectivity index (χ3n) is 4.75. The van der Waals surface area contributed by atoms with Gasteiger partial charge in [-0.05, 0) is 59.7 Å². The highest BCUT2D eigenvalue weighted by Crippen LogP contribution is 2.33. The molecule has 4 N–H and O–H groups in total. The zero-order valence-electron chi connectivity index (χ0n) is 17.5. The van der Waals surface area contributed by atoms with Crippen LogP contribution in [0.15, 0.2) is 71.6 Å². The van der Waals surface area contributed by atoms with Gasteiger partial charge in [-0.25, -0.2) is 17.6 Å². The van der Waals surface area contributed by atoms with Crippen molar-refractivity contribution in [3.8, 4) is 16.9 Å². The Morgan fingerprint density at radius 3 is 2.42 bits per heavy atom. The van der Waals surface area contributed by atoms with Crippen LogP contribution in [0.3, 0.4) is 0 Å². The predicted molar refractivity (Wildman–Crippen MR) is 121 cm³/mol. The summed E-state index contributed by atoms with van der Waals surface area (Å²) < 4.78 is 45.9. The second-order valence-corrected chi connectivity index (χ2v) is 9.09. The number of rotatable bonds is 10. The fourth-order valence-electron chi connectivity index (χ4n) is 3.23. The van der Waals surface area contributed by atoms with Crippen LogP contribution in [0.1, 0.15) is 5.56 Å². The van der Waals surface area contributed by atoms with E-state index in [1.54, 1.807) is 42.5 Å². The van der Waals surface area contributed by atoms with Crippen LogP contribution in [-0.4, -0.2) is 48.7 Å². The van der Waals surface area contributed by atoms with Gasteiger partial charge in [0, 0.05) is 24.3 Å². The molecule has 0 aliphatic rings. The lowest BCUT2D eigenvalue weighted by Crippen LogP contribution is -2.33. The molecular weight excluding hydrogens is 451 g/mol. The van der Waals surface area contributed by atoms with Gasteiger partial charge in [-0.3, -0.25) is 0 Å². The smallest absolute Gasteiger partial charge is 0.341 e. The van der Waals surface area contributed by atoms with Crippen molar-refractivity contribution in [2.75, 3.05) is 25.5 Å². The summed E-state index contributed by atoms with van der Waals surface area (Å²) in [6.45, 7) is -1.23. The van der Waals surface area contributed by atoms with Gasteiger partial charge in [0.05, 0.1) is 11.5 Å². The molecule has 0 unspecified atom stereocenters. The van der Waals surface area contributed by atoms with Gasteiger partial charge in [-0.15, -0.1) is 0 Å². The summed E-state index contributed by atoms with van der Waals surface area (Å²) in [6.07, 6.45) is 0. The van der Waals surface area contributed by atoms with Crippen molar-refractivity contribution in [2.45, 2.75) is 11.4 Å². The fourth-order valence-corrected chi connectivity index (χ4v) is 4.65. The summed E-state index contributed by atoms with van der Waals surface area (Å²) in [7, 11) is -4.02. The molecule has 0 fully saturated rings. The lowest BCUT2D eigenvalue weighted by Gasteiger charge is -2.22. The third-order valence-corrected chi connectivity index (χ3v) is 6.61. The van der Waals surface area contributed by atoms with Gasteiger partial charge in [-0.2, -0.15) is 4.31 Å². The number of nitrogens with zero attached hydrogens (tertiary/aromatic N) is 1. The maximum Gasteiger partial charge on any atom is 0.341 e. The zero-order chi connectivity index (χ0) is 24.0. The lowest BCUT2D eigenvalue weighted by molar-refractivity contribution is -0.139. The molecule has 0 aliphatic carbocycles. The first-order valence-electron chi connectivity index (χ1n) is 9.90. The number of aliphatic hydroxyl groups excluding tert-OH is 1. The number of nitrogens with two attached hydrogens (primary N) is 1. The van der Waals surface area contributed by atoms with Crippen molar-refractivity contribution in [3.05, 3.63) is 78.1 Å². The van der Waals surface area contributed by atoms with Crippen LogP contribution in [0.4, 0.5) is 10.1 Å². The Balaban J connectivity index is 1.99. The number of carboxylic acid groups (broad SMARTS) is 1. The van der Waals surface area contributed by atoms with Crippen LogP contribution in [0.5, 0.6) is 5.75 Å². The minimum Gasteiger partial charge on any atom is -0.481 e. The Hall–Kier alpha value is -3.47. The molecule has 0 bridgehead atoms. The maximum atomic E-state index is 13.2. The first kappa shape index (κ1) is 24.2. The first-order chi connectivity index (χ1) is 15.7. The van der Waals surface area contributed by atoms with Crippen molar-refractivity contribution in [2.24, 2.45) is 0 Å². The number of sulfonamides is 1. The molecule has 174 valence electrons. The third kappa shape index (κ3) is 6.07. The molecule has 0 aliphatic heterocycles. The summed E-state index contributed by atoms with van der Waals surface area (Å²) in [5.74, 6) is -1.41. The predicted octanol–water partition coefficient (Wildman–Crippen LogP) is 2.72.